The molecular weight excluding hydrogens is 412 g/mol. The number of aliphatic hydroxyl groups excluding tert-OH is 1. The Morgan fingerprint density at radius 1 is 1.00 bits per heavy atom. The van der Waals surface area contributed by atoms with Crippen molar-refractivity contribution < 1.29 is 29.3 Å². The number of carboxylic acid groups (broad SMARTS) is 1. The number of rotatable bonds is 9. The Hall–Kier alpha value is -3.39. The normalized spacial score (nSPS) is 14.2. The van der Waals surface area contributed by atoms with E-state index in [1.165, 1.54) is 0 Å². The maximum absolute atomic E-state index is 12.5. The van der Waals surface area contributed by atoms with Crippen molar-refractivity contribution in [2.75, 3.05) is 13.2 Å². The molecule has 8 heteroatoms. The van der Waals surface area contributed by atoms with Crippen LogP contribution >= 0.6 is 0 Å². The lowest BCUT2D eigenvalue weighted by Gasteiger charge is -2.21. The van der Waals surface area contributed by atoms with Crippen LogP contribution in [0.5, 0.6) is 0 Å². The van der Waals surface area contributed by atoms with E-state index in [4.69, 9.17) is 9.84 Å². The molecular formula is C24H28N2O6. The number of aliphatic carboxylic acids is 1. The average molecular weight is 440 g/mol. The standard InChI is InChI=1S/C24H28N2O6/c1-14(2)11-20(22(28)25-12-21(27)23(29)30)26-24(31)32-13-19-17-9-5-3-7-15(17)16-8-4-6-10-18(16)19/h3-10,14,19-21,27H,11-13H2,1-2H3,(H,25,28)(H,26,31)(H,29,30)/t20-,21+/m1/s1. The van der Waals surface area contributed by atoms with E-state index in [9.17, 15) is 19.5 Å². The van der Waals surface area contributed by atoms with E-state index in [1.54, 1.807) is 0 Å². The lowest BCUT2D eigenvalue weighted by Crippen LogP contribution is -2.49. The first-order valence-corrected chi connectivity index (χ1v) is 10.6. The third-order valence-electron chi connectivity index (χ3n) is 5.41. The van der Waals surface area contributed by atoms with Crippen LogP contribution < -0.4 is 10.6 Å². The monoisotopic (exact) mass is 440 g/mol. The molecule has 0 heterocycles. The first-order valence-electron chi connectivity index (χ1n) is 10.6. The fourth-order valence-corrected chi connectivity index (χ4v) is 3.89. The number of fused-ring (bicyclic) bond motifs is 3. The molecule has 0 aliphatic heterocycles. The minimum atomic E-state index is -1.71. The van der Waals surface area contributed by atoms with E-state index < -0.39 is 36.7 Å². The number of hydrogen-bond acceptors (Lipinski definition) is 5. The van der Waals surface area contributed by atoms with Gasteiger partial charge in [0.05, 0.1) is 6.54 Å². The van der Waals surface area contributed by atoms with Gasteiger partial charge in [-0.25, -0.2) is 9.59 Å². The number of ether oxygens (including phenoxy) is 1. The van der Waals surface area contributed by atoms with Crippen molar-refractivity contribution >= 4 is 18.0 Å². The van der Waals surface area contributed by atoms with Crippen LogP contribution in [0.1, 0.15) is 37.3 Å². The van der Waals surface area contributed by atoms with Crippen LogP contribution in [0, 0.1) is 5.92 Å². The van der Waals surface area contributed by atoms with Gasteiger partial charge >= 0.3 is 12.1 Å². The highest BCUT2D eigenvalue weighted by atomic mass is 16.5. The van der Waals surface area contributed by atoms with E-state index >= 15 is 0 Å². The summed E-state index contributed by atoms with van der Waals surface area (Å²) in [5, 5.41) is 23.0. The minimum Gasteiger partial charge on any atom is -0.479 e. The van der Waals surface area contributed by atoms with Crippen molar-refractivity contribution in [3.63, 3.8) is 0 Å². The second-order valence-corrected chi connectivity index (χ2v) is 8.25. The Morgan fingerprint density at radius 2 is 1.56 bits per heavy atom. The van der Waals surface area contributed by atoms with Crippen LogP contribution in [-0.4, -0.2) is 53.5 Å². The van der Waals surface area contributed by atoms with Gasteiger partial charge < -0.3 is 25.6 Å². The number of aliphatic hydroxyl groups is 1. The molecule has 170 valence electrons. The number of benzene rings is 2. The van der Waals surface area contributed by atoms with Gasteiger partial charge in [-0.05, 0) is 34.6 Å². The molecule has 0 saturated carbocycles. The van der Waals surface area contributed by atoms with E-state index in [2.05, 4.69) is 10.6 Å². The molecule has 0 aromatic heterocycles. The summed E-state index contributed by atoms with van der Waals surface area (Å²) in [5.74, 6) is -2.03. The molecule has 4 N–H and O–H groups in total. The van der Waals surface area contributed by atoms with Crippen molar-refractivity contribution in [1.29, 1.82) is 0 Å². The predicted octanol–water partition coefficient (Wildman–Crippen LogP) is 2.50. The fourth-order valence-electron chi connectivity index (χ4n) is 3.89. The first kappa shape index (κ1) is 23.3. The summed E-state index contributed by atoms with van der Waals surface area (Å²) >= 11 is 0. The van der Waals surface area contributed by atoms with E-state index in [1.807, 2.05) is 62.4 Å². The number of nitrogens with one attached hydrogen (secondary N) is 2. The summed E-state index contributed by atoms with van der Waals surface area (Å²) in [5.41, 5.74) is 4.40. The minimum absolute atomic E-state index is 0.0871. The number of hydrogen-bond donors (Lipinski definition) is 4. The maximum atomic E-state index is 12.5. The topological polar surface area (TPSA) is 125 Å². The van der Waals surface area contributed by atoms with E-state index in [0.717, 1.165) is 22.3 Å². The molecule has 2 amide bonds. The zero-order valence-corrected chi connectivity index (χ0v) is 18.1. The highest BCUT2D eigenvalue weighted by molar-refractivity contribution is 5.86. The highest BCUT2D eigenvalue weighted by Crippen LogP contribution is 2.44. The van der Waals surface area contributed by atoms with Crippen molar-refractivity contribution in [1.82, 2.24) is 10.6 Å². The van der Waals surface area contributed by atoms with Gasteiger partial charge in [0.25, 0.3) is 0 Å². The quantitative estimate of drug-likeness (QED) is 0.475. The molecule has 1 aliphatic carbocycles. The van der Waals surface area contributed by atoms with Gasteiger partial charge in [0.15, 0.2) is 6.10 Å². The second kappa shape index (κ2) is 10.3. The Bertz CT molecular complexity index is 944. The molecule has 0 bridgehead atoms. The summed E-state index contributed by atoms with van der Waals surface area (Å²) < 4.78 is 5.49. The summed E-state index contributed by atoms with van der Waals surface area (Å²) in [6.45, 7) is 3.46. The molecule has 0 saturated heterocycles. The summed E-state index contributed by atoms with van der Waals surface area (Å²) in [6.07, 6.45) is -2.11. The third kappa shape index (κ3) is 5.45. The van der Waals surface area contributed by atoms with Crippen LogP contribution in [0.2, 0.25) is 0 Å². The Kier molecular flexibility index (Phi) is 7.48. The number of carbonyl (C=O) groups excluding carboxylic acids is 2. The molecule has 1 aliphatic rings. The van der Waals surface area contributed by atoms with Gasteiger partial charge in [0.2, 0.25) is 5.91 Å². The van der Waals surface area contributed by atoms with Crippen LogP contribution in [0.3, 0.4) is 0 Å². The van der Waals surface area contributed by atoms with Crippen LogP contribution in [0.15, 0.2) is 48.5 Å². The van der Waals surface area contributed by atoms with Crippen LogP contribution in [0.4, 0.5) is 4.79 Å². The van der Waals surface area contributed by atoms with Gasteiger partial charge in [-0.15, -0.1) is 0 Å². The fraction of sp³-hybridized carbons (Fsp3) is 0.375. The van der Waals surface area contributed by atoms with Crippen molar-refractivity contribution in [3.05, 3.63) is 59.7 Å². The zero-order valence-electron chi connectivity index (χ0n) is 18.1. The number of amides is 2. The molecule has 0 radical (unpaired) electrons. The van der Waals surface area contributed by atoms with E-state index in [-0.39, 0.29) is 18.4 Å². The van der Waals surface area contributed by atoms with Crippen LogP contribution in [0.25, 0.3) is 11.1 Å². The molecule has 2 atom stereocenters. The molecule has 0 unspecified atom stereocenters. The predicted molar refractivity (Wildman–Crippen MR) is 118 cm³/mol. The maximum Gasteiger partial charge on any atom is 0.407 e. The van der Waals surface area contributed by atoms with Gasteiger partial charge in [-0.1, -0.05) is 62.4 Å². The van der Waals surface area contributed by atoms with Crippen molar-refractivity contribution in [2.24, 2.45) is 5.92 Å². The lowest BCUT2D eigenvalue weighted by atomic mass is 9.98. The molecule has 2 aromatic carbocycles. The Balaban J connectivity index is 1.63. The smallest absolute Gasteiger partial charge is 0.407 e. The third-order valence-corrected chi connectivity index (χ3v) is 5.41. The molecule has 32 heavy (non-hydrogen) atoms. The highest BCUT2D eigenvalue weighted by Gasteiger charge is 2.30. The van der Waals surface area contributed by atoms with Crippen molar-refractivity contribution in [2.45, 2.75) is 38.3 Å². The van der Waals surface area contributed by atoms with Gasteiger partial charge in [-0.2, -0.15) is 0 Å². The Labute approximate surface area is 186 Å². The second-order valence-electron chi connectivity index (χ2n) is 8.25. The molecule has 0 fully saturated rings. The molecule has 2 aromatic rings. The van der Waals surface area contributed by atoms with Gasteiger partial charge in [-0.3, -0.25) is 4.79 Å². The average Bonchev–Trinajstić information content (AvgIpc) is 3.08. The van der Waals surface area contributed by atoms with Crippen molar-refractivity contribution in [3.8, 4) is 11.1 Å². The van der Waals surface area contributed by atoms with E-state index in [0.29, 0.717) is 6.42 Å². The SMILES string of the molecule is CC(C)C[C@@H](NC(=O)OCC1c2ccccc2-c2ccccc21)C(=O)NC[C@H](O)C(=O)O. The number of alkyl carbamates (subject to hydrolysis) is 1. The van der Waals surface area contributed by atoms with Gasteiger partial charge in [0.1, 0.15) is 12.6 Å². The molecule has 8 nitrogen and oxygen atoms in total. The number of carbonyl (C=O) groups is 3. The Morgan fingerprint density at radius 3 is 2.09 bits per heavy atom. The summed E-state index contributed by atoms with van der Waals surface area (Å²) in [7, 11) is 0. The van der Waals surface area contributed by atoms with Crippen LogP contribution in [-0.2, 0) is 14.3 Å². The van der Waals surface area contributed by atoms with Gasteiger partial charge in [0, 0.05) is 5.92 Å². The molecule has 3 rings (SSSR count). The first-order chi connectivity index (χ1) is 15.3. The number of carboxylic acids is 1. The largest absolute Gasteiger partial charge is 0.479 e. The summed E-state index contributed by atoms with van der Waals surface area (Å²) in [6, 6.07) is 15.1. The molecule has 0 spiro atoms. The lowest BCUT2D eigenvalue weighted by molar-refractivity contribution is -0.146. The summed E-state index contributed by atoms with van der Waals surface area (Å²) in [4.78, 5) is 35.7. The zero-order chi connectivity index (χ0) is 23.3.